The normalized spacial score (nSPS) is 27.3. The third-order valence-corrected chi connectivity index (χ3v) is 2.81. The summed E-state index contributed by atoms with van der Waals surface area (Å²) >= 11 is 1.94. The summed E-state index contributed by atoms with van der Waals surface area (Å²) in [5, 5.41) is 3.39. The van der Waals surface area contributed by atoms with Gasteiger partial charge in [0.25, 0.3) is 0 Å². The lowest BCUT2D eigenvalue weighted by atomic mass is 10.2. The van der Waals surface area contributed by atoms with Gasteiger partial charge in [-0.2, -0.15) is 11.8 Å². The van der Waals surface area contributed by atoms with E-state index < -0.39 is 0 Å². The van der Waals surface area contributed by atoms with Crippen molar-refractivity contribution >= 4 is 11.8 Å². The van der Waals surface area contributed by atoms with Crippen LogP contribution in [0, 0.1) is 0 Å². The number of rotatable bonds is 3. The molecule has 11 heavy (non-hydrogen) atoms. The Kier molecular flexibility index (Phi) is 4.26. The second-order valence-electron chi connectivity index (χ2n) is 3.08. The first-order valence-corrected chi connectivity index (χ1v) is 5.67. The fourth-order valence-corrected chi connectivity index (χ4v) is 1.84. The summed E-state index contributed by atoms with van der Waals surface area (Å²) in [5.41, 5.74) is 0. The van der Waals surface area contributed by atoms with Gasteiger partial charge in [-0.25, -0.2) is 0 Å². The average Bonchev–Trinajstić information content (AvgIpc) is 2.03. The van der Waals surface area contributed by atoms with Crippen molar-refractivity contribution in [3.8, 4) is 0 Å². The first-order valence-electron chi connectivity index (χ1n) is 4.28. The first kappa shape index (κ1) is 9.36. The molecule has 0 bridgehead atoms. The molecule has 1 heterocycles. The van der Waals surface area contributed by atoms with Gasteiger partial charge in [0.1, 0.15) is 0 Å². The van der Waals surface area contributed by atoms with Crippen LogP contribution in [0.15, 0.2) is 0 Å². The predicted octanol–water partition coefficient (Wildman–Crippen LogP) is 0.643. The molecular formula is C8H18N2S. The standard InChI is InChI=1S/C8H18N2S/c1-8-7-9-3-4-10(8)5-6-11-2/h8-9H,3-7H2,1-2H3/t8-/m0/s1. The van der Waals surface area contributed by atoms with Gasteiger partial charge >= 0.3 is 0 Å². The zero-order valence-corrected chi connectivity index (χ0v) is 8.28. The molecule has 1 aliphatic rings. The summed E-state index contributed by atoms with van der Waals surface area (Å²) in [4.78, 5) is 2.56. The monoisotopic (exact) mass is 174 g/mol. The van der Waals surface area contributed by atoms with Crippen molar-refractivity contribution in [2.45, 2.75) is 13.0 Å². The molecule has 1 N–H and O–H groups in total. The van der Waals surface area contributed by atoms with Gasteiger partial charge in [-0.3, -0.25) is 4.90 Å². The van der Waals surface area contributed by atoms with Gasteiger partial charge in [-0.05, 0) is 13.2 Å². The second kappa shape index (κ2) is 5.01. The van der Waals surface area contributed by atoms with Crippen LogP contribution in [-0.4, -0.2) is 49.1 Å². The summed E-state index contributed by atoms with van der Waals surface area (Å²) in [6.07, 6.45) is 2.17. The highest BCUT2D eigenvalue weighted by atomic mass is 32.2. The minimum absolute atomic E-state index is 0.732. The fourth-order valence-electron chi connectivity index (χ4n) is 1.42. The molecule has 0 saturated carbocycles. The maximum absolute atomic E-state index is 3.39. The lowest BCUT2D eigenvalue weighted by Crippen LogP contribution is -2.50. The summed E-state index contributed by atoms with van der Waals surface area (Å²) in [6, 6.07) is 0.732. The van der Waals surface area contributed by atoms with Gasteiger partial charge < -0.3 is 5.32 Å². The second-order valence-corrected chi connectivity index (χ2v) is 4.07. The average molecular weight is 174 g/mol. The summed E-state index contributed by atoms with van der Waals surface area (Å²) < 4.78 is 0. The van der Waals surface area contributed by atoms with Gasteiger partial charge in [0, 0.05) is 38.0 Å². The molecule has 1 saturated heterocycles. The Labute approximate surface area is 73.7 Å². The number of nitrogens with zero attached hydrogens (tertiary/aromatic N) is 1. The molecule has 2 nitrogen and oxygen atoms in total. The Hall–Kier alpha value is 0.270. The number of piperazine rings is 1. The van der Waals surface area contributed by atoms with E-state index in [4.69, 9.17) is 0 Å². The van der Waals surface area contributed by atoms with E-state index in [1.54, 1.807) is 0 Å². The summed E-state index contributed by atoms with van der Waals surface area (Å²) in [7, 11) is 0. The highest BCUT2D eigenvalue weighted by molar-refractivity contribution is 7.98. The van der Waals surface area contributed by atoms with Gasteiger partial charge in [0.15, 0.2) is 0 Å². The molecule has 1 aliphatic heterocycles. The Morgan fingerprint density at radius 2 is 2.45 bits per heavy atom. The molecule has 0 aliphatic carbocycles. The van der Waals surface area contributed by atoms with Crippen molar-refractivity contribution in [2.75, 3.05) is 38.2 Å². The summed E-state index contributed by atoms with van der Waals surface area (Å²) in [6.45, 7) is 7.10. The maximum Gasteiger partial charge on any atom is 0.0193 e. The molecule has 1 rings (SSSR count). The topological polar surface area (TPSA) is 15.3 Å². The lowest BCUT2D eigenvalue weighted by molar-refractivity contribution is 0.185. The van der Waals surface area contributed by atoms with Crippen LogP contribution in [0.1, 0.15) is 6.92 Å². The van der Waals surface area contributed by atoms with E-state index in [1.165, 1.54) is 25.4 Å². The highest BCUT2D eigenvalue weighted by Crippen LogP contribution is 2.03. The Morgan fingerprint density at radius 1 is 1.64 bits per heavy atom. The van der Waals surface area contributed by atoms with E-state index in [0.29, 0.717) is 0 Å². The van der Waals surface area contributed by atoms with E-state index in [2.05, 4.69) is 23.4 Å². The van der Waals surface area contributed by atoms with Gasteiger partial charge in [-0.1, -0.05) is 0 Å². The quantitative estimate of drug-likeness (QED) is 0.676. The zero-order valence-electron chi connectivity index (χ0n) is 7.47. The molecule has 0 aromatic rings. The number of hydrogen-bond donors (Lipinski definition) is 1. The fraction of sp³-hybridized carbons (Fsp3) is 1.00. The van der Waals surface area contributed by atoms with Crippen LogP contribution in [-0.2, 0) is 0 Å². The molecule has 0 amide bonds. The molecule has 0 unspecified atom stereocenters. The third-order valence-electron chi connectivity index (χ3n) is 2.22. The molecule has 0 spiro atoms. The van der Waals surface area contributed by atoms with E-state index in [9.17, 15) is 0 Å². The Bertz CT molecular complexity index is 108. The van der Waals surface area contributed by atoms with E-state index in [-0.39, 0.29) is 0 Å². The molecule has 0 aromatic carbocycles. The molecule has 0 radical (unpaired) electrons. The van der Waals surface area contributed by atoms with Crippen molar-refractivity contribution in [3.05, 3.63) is 0 Å². The van der Waals surface area contributed by atoms with Gasteiger partial charge in [0.05, 0.1) is 0 Å². The third kappa shape index (κ3) is 3.01. The van der Waals surface area contributed by atoms with Crippen molar-refractivity contribution in [1.82, 2.24) is 10.2 Å². The molecule has 3 heteroatoms. The van der Waals surface area contributed by atoms with Crippen molar-refractivity contribution < 1.29 is 0 Å². The van der Waals surface area contributed by atoms with E-state index in [0.717, 1.165) is 12.6 Å². The molecular weight excluding hydrogens is 156 g/mol. The van der Waals surface area contributed by atoms with Crippen LogP contribution < -0.4 is 5.32 Å². The minimum atomic E-state index is 0.732. The first-order chi connectivity index (χ1) is 5.34. The molecule has 0 aromatic heterocycles. The van der Waals surface area contributed by atoms with Crippen LogP contribution in [0.2, 0.25) is 0 Å². The lowest BCUT2D eigenvalue weighted by Gasteiger charge is -2.33. The molecule has 66 valence electrons. The van der Waals surface area contributed by atoms with E-state index >= 15 is 0 Å². The number of nitrogens with one attached hydrogen (secondary N) is 1. The van der Waals surface area contributed by atoms with Gasteiger partial charge in [0.2, 0.25) is 0 Å². The van der Waals surface area contributed by atoms with Crippen molar-refractivity contribution in [1.29, 1.82) is 0 Å². The largest absolute Gasteiger partial charge is 0.314 e. The number of thioether (sulfide) groups is 1. The maximum atomic E-state index is 3.39. The molecule has 1 atom stereocenters. The summed E-state index contributed by atoms with van der Waals surface area (Å²) in [5.74, 6) is 1.27. The Balaban J connectivity index is 2.18. The van der Waals surface area contributed by atoms with Crippen LogP contribution in [0.3, 0.4) is 0 Å². The van der Waals surface area contributed by atoms with Crippen LogP contribution in [0.5, 0.6) is 0 Å². The highest BCUT2D eigenvalue weighted by Gasteiger charge is 2.16. The zero-order chi connectivity index (χ0) is 8.10. The van der Waals surface area contributed by atoms with Crippen molar-refractivity contribution in [2.24, 2.45) is 0 Å². The van der Waals surface area contributed by atoms with Gasteiger partial charge in [-0.15, -0.1) is 0 Å². The number of hydrogen-bond acceptors (Lipinski definition) is 3. The van der Waals surface area contributed by atoms with Crippen LogP contribution in [0.25, 0.3) is 0 Å². The molecule has 1 fully saturated rings. The smallest absolute Gasteiger partial charge is 0.0193 e. The minimum Gasteiger partial charge on any atom is -0.314 e. The SMILES string of the molecule is CSCCN1CCNC[C@@H]1C. The van der Waals surface area contributed by atoms with E-state index in [1.807, 2.05) is 11.8 Å². The van der Waals surface area contributed by atoms with Crippen molar-refractivity contribution in [3.63, 3.8) is 0 Å². The van der Waals surface area contributed by atoms with Crippen LogP contribution >= 0.6 is 11.8 Å². The predicted molar refractivity (Wildman–Crippen MR) is 52.3 cm³/mol. The Morgan fingerprint density at radius 3 is 3.09 bits per heavy atom. The van der Waals surface area contributed by atoms with Crippen LogP contribution in [0.4, 0.5) is 0 Å².